The zero-order valence-electron chi connectivity index (χ0n) is 12.9. The molecule has 1 unspecified atom stereocenters. The van der Waals surface area contributed by atoms with E-state index in [0.29, 0.717) is 24.1 Å². The fraction of sp³-hybridized carbons (Fsp3) is 0.529. The fourth-order valence-electron chi connectivity index (χ4n) is 3.43. The summed E-state index contributed by atoms with van der Waals surface area (Å²) in [5, 5.41) is 15.8. The number of nitrogens with one attached hydrogen (secondary N) is 2. The van der Waals surface area contributed by atoms with Crippen LogP contribution in [0.4, 0.5) is 10.1 Å². The van der Waals surface area contributed by atoms with Crippen LogP contribution in [-0.4, -0.2) is 29.1 Å². The Morgan fingerprint density at radius 3 is 2.83 bits per heavy atom. The van der Waals surface area contributed by atoms with Gasteiger partial charge in [0.25, 0.3) is 0 Å². The molecule has 2 amide bonds. The molecule has 1 atom stereocenters. The van der Waals surface area contributed by atoms with Crippen LogP contribution in [0.3, 0.4) is 0 Å². The second kappa shape index (κ2) is 6.28. The highest BCUT2D eigenvalue weighted by atomic mass is 19.1. The van der Waals surface area contributed by atoms with Gasteiger partial charge in [-0.15, -0.1) is 0 Å². The smallest absolute Gasteiger partial charge is 0.228 e. The Bertz CT molecular complexity index is 626. The van der Waals surface area contributed by atoms with Crippen LogP contribution in [0.2, 0.25) is 0 Å². The standard InChI is InChI=1S/C17H21FN2O3/c18-11-4-5-12-13(9-15(21)20-14(12)8-11)16(22)19-10-17(23)6-2-1-3-7-17/h4-5,8,13,23H,1-3,6-7,9-10H2,(H,19,22)(H,20,21). The van der Waals surface area contributed by atoms with Crippen molar-refractivity contribution in [1.29, 1.82) is 0 Å². The van der Waals surface area contributed by atoms with Gasteiger partial charge in [0.15, 0.2) is 0 Å². The molecule has 0 saturated heterocycles. The molecule has 0 bridgehead atoms. The molecule has 5 nitrogen and oxygen atoms in total. The Kier molecular flexibility index (Phi) is 4.35. The highest BCUT2D eigenvalue weighted by molar-refractivity contribution is 6.01. The van der Waals surface area contributed by atoms with Gasteiger partial charge in [0.05, 0.1) is 11.5 Å². The predicted octanol–water partition coefficient (Wildman–Crippen LogP) is 2.06. The summed E-state index contributed by atoms with van der Waals surface area (Å²) in [5.74, 6) is -1.71. The van der Waals surface area contributed by atoms with Crippen molar-refractivity contribution in [2.75, 3.05) is 11.9 Å². The van der Waals surface area contributed by atoms with Crippen LogP contribution in [0.15, 0.2) is 18.2 Å². The van der Waals surface area contributed by atoms with Crippen LogP contribution in [0.5, 0.6) is 0 Å². The van der Waals surface area contributed by atoms with Gasteiger partial charge >= 0.3 is 0 Å². The molecule has 1 aromatic rings. The van der Waals surface area contributed by atoms with Crippen LogP contribution in [-0.2, 0) is 9.59 Å². The largest absolute Gasteiger partial charge is 0.388 e. The molecule has 1 aliphatic carbocycles. The van der Waals surface area contributed by atoms with Crippen molar-refractivity contribution >= 4 is 17.5 Å². The highest BCUT2D eigenvalue weighted by Crippen LogP contribution is 2.33. The number of hydrogen-bond acceptors (Lipinski definition) is 3. The number of benzene rings is 1. The molecule has 0 radical (unpaired) electrons. The van der Waals surface area contributed by atoms with Crippen molar-refractivity contribution in [2.45, 2.75) is 50.0 Å². The van der Waals surface area contributed by atoms with E-state index in [2.05, 4.69) is 10.6 Å². The molecule has 2 aliphatic rings. The Labute approximate surface area is 134 Å². The number of carbonyl (C=O) groups excluding carboxylic acids is 2. The average Bonchev–Trinajstić information content (AvgIpc) is 2.52. The lowest BCUT2D eigenvalue weighted by Crippen LogP contribution is -2.46. The van der Waals surface area contributed by atoms with Crippen molar-refractivity contribution in [3.05, 3.63) is 29.6 Å². The zero-order chi connectivity index (χ0) is 16.4. The number of anilines is 1. The maximum Gasteiger partial charge on any atom is 0.228 e. The van der Waals surface area contributed by atoms with Gasteiger partial charge in [-0.2, -0.15) is 0 Å². The van der Waals surface area contributed by atoms with Crippen LogP contribution in [0.1, 0.15) is 50.0 Å². The SMILES string of the molecule is O=C1CC(C(=O)NCC2(O)CCCCC2)c2ccc(F)cc2N1. The summed E-state index contributed by atoms with van der Waals surface area (Å²) < 4.78 is 13.3. The van der Waals surface area contributed by atoms with Crippen molar-refractivity contribution in [3.63, 3.8) is 0 Å². The number of fused-ring (bicyclic) bond motifs is 1. The summed E-state index contributed by atoms with van der Waals surface area (Å²) in [5.41, 5.74) is 0.105. The normalized spacial score (nSPS) is 22.9. The molecule has 1 aliphatic heterocycles. The van der Waals surface area contributed by atoms with Gasteiger partial charge < -0.3 is 15.7 Å². The molecule has 1 saturated carbocycles. The van der Waals surface area contributed by atoms with E-state index < -0.39 is 17.3 Å². The number of amides is 2. The second-order valence-electron chi connectivity index (χ2n) is 6.54. The Hall–Kier alpha value is -1.95. The van der Waals surface area contributed by atoms with Gasteiger partial charge in [-0.1, -0.05) is 25.3 Å². The lowest BCUT2D eigenvalue weighted by molar-refractivity contribution is -0.127. The molecule has 0 spiro atoms. The van der Waals surface area contributed by atoms with E-state index in [-0.39, 0.29) is 24.8 Å². The number of aliphatic hydroxyl groups is 1. The van der Waals surface area contributed by atoms with E-state index >= 15 is 0 Å². The minimum absolute atomic E-state index is 0.0306. The Morgan fingerprint density at radius 2 is 2.09 bits per heavy atom. The maximum atomic E-state index is 13.3. The summed E-state index contributed by atoms with van der Waals surface area (Å²) >= 11 is 0. The van der Waals surface area contributed by atoms with Crippen molar-refractivity contribution in [2.24, 2.45) is 0 Å². The first kappa shape index (κ1) is 15.9. The molecule has 6 heteroatoms. The van der Waals surface area contributed by atoms with E-state index in [9.17, 15) is 19.1 Å². The summed E-state index contributed by atoms with van der Waals surface area (Å²) in [6.07, 6.45) is 4.42. The van der Waals surface area contributed by atoms with Gasteiger partial charge in [0.1, 0.15) is 5.82 Å². The van der Waals surface area contributed by atoms with Crippen molar-refractivity contribution in [1.82, 2.24) is 5.32 Å². The first-order valence-electron chi connectivity index (χ1n) is 8.06. The molecule has 1 aromatic carbocycles. The average molecular weight is 320 g/mol. The predicted molar refractivity (Wildman–Crippen MR) is 83.4 cm³/mol. The summed E-state index contributed by atoms with van der Waals surface area (Å²) in [6.45, 7) is 0.195. The monoisotopic (exact) mass is 320 g/mol. The minimum atomic E-state index is -0.851. The molecule has 3 N–H and O–H groups in total. The van der Waals surface area contributed by atoms with Crippen LogP contribution in [0, 0.1) is 5.82 Å². The summed E-state index contributed by atoms with van der Waals surface area (Å²) in [7, 11) is 0. The molecular formula is C17H21FN2O3. The summed E-state index contributed by atoms with van der Waals surface area (Å²) in [6, 6.07) is 4.04. The lowest BCUT2D eigenvalue weighted by atomic mass is 9.84. The molecule has 0 aromatic heterocycles. The Balaban J connectivity index is 1.71. The third kappa shape index (κ3) is 3.52. The maximum absolute atomic E-state index is 13.3. The lowest BCUT2D eigenvalue weighted by Gasteiger charge is -2.33. The van der Waals surface area contributed by atoms with Crippen molar-refractivity contribution in [3.8, 4) is 0 Å². The van der Waals surface area contributed by atoms with E-state index in [1.54, 1.807) is 0 Å². The molecule has 1 heterocycles. The second-order valence-corrected chi connectivity index (χ2v) is 6.54. The Morgan fingerprint density at radius 1 is 1.35 bits per heavy atom. The van der Waals surface area contributed by atoms with E-state index in [4.69, 9.17) is 0 Å². The molecule has 124 valence electrons. The number of halogens is 1. The third-order valence-electron chi connectivity index (χ3n) is 4.75. The quantitative estimate of drug-likeness (QED) is 0.798. The van der Waals surface area contributed by atoms with Crippen LogP contribution < -0.4 is 10.6 Å². The molecule has 23 heavy (non-hydrogen) atoms. The molecular weight excluding hydrogens is 299 g/mol. The highest BCUT2D eigenvalue weighted by Gasteiger charge is 2.34. The van der Waals surface area contributed by atoms with E-state index in [1.807, 2.05) is 0 Å². The van der Waals surface area contributed by atoms with Crippen LogP contribution in [0.25, 0.3) is 0 Å². The first-order chi connectivity index (χ1) is 11.0. The summed E-state index contributed by atoms with van der Waals surface area (Å²) in [4.78, 5) is 24.2. The third-order valence-corrected chi connectivity index (χ3v) is 4.75. The van der Waals surface area contributed by atoms with Gasteiger partial charge in [-0.05, 0) is 30.5 Å². The number of rotatable bonds is 3. The topological polar surface area (TPSA) is 78.4 Å². The van der Waals surface area contributed by atoms with Crippen molar-refractivity contribution < 1.29 is 19.1 Å². The zero-order valence-corrected chi connectivity index (χ0v) is 12.9. The minimum Gasteiger partial charge on any atom is -0.388 e. The van der Waals surface area contributed by atoms with Gasteiger partial charge in [-0.25, -0.2) is 4.39 Å². The number of hydrogen-bond donors (Lipinski definition) is 3. The molecule has 3 rings (SSSR count). The van der Waals surface area contributed by atoms with Gasteiger partial charge in [0.2, 0.25) is 11.8 Å². The number of carbonyl (C=O) groups is 2. The molecule has 1 fully saturated rings. The van der Waals surface area contributed by atoms with Gasteiger partial charge in [-0.3, -0.25) is 9.59 Å². The first-order valence-corrected chi connectivity index (χ1v) is 8.06. The van der Waals surface area contributed by atoms with Gasteiger partial charge in [0, 0.05) is 18.7 Å². The van der Waals surface area contributed by atoms with E-state index in [1.165, 1.54) is 18.2 Å². The fourth-order valence-corrected chi connectivity index (χ4v) is 3.43. The van der Waals surface area contributed by atoms with E-state index in [0.717, 1.165) is 19.3 Å². The van der Waals surface area contributed by atoms with Crippen LogP contribution >= 0.6 is 0 Å².